The number of amides is 1. The summed E-state index contributed by atoms with van der Waals surface area (Å²) in [7, 11) is 0. The summed E-state index contributed by atoms with van der Waals surface area (Å²) >= 11 is 0. The van der Waals surface area contributed by atoms with Gasteiger partial charge in [-0.2, -0.15) is 0 Å². The van der Waals surface area contributed by atoms with Crippen LogP contribution in [0.3, 0.4) is 0 Å². The van der Waals surface area contributed by atoms with E-state index in [4.69, 9.17) is 0 Å². The summed E-state index contributed by atoms with van der Waals surface area (Å²) < 4.78 is 0. The molecule has 0 spiro atoms. The Hall–Kier alpha value is -1.97. The second-order valence-corrected chi connectivity index (χ2v) is 6.35. The smallest absolute Gasteiger partial charge is 0.292 e. The molecular weight excluding hydrogens is 276 g/mol. The molecule has 0 aromatic heterocycles. The van der Waals surface area contributed by atoms with E-state index in [9.17, 15) is 9.90 Å². The molecule has 1 unspecified atom stereocenters. The summed E-state index contributed by atoms with van der Waals surface area (Å²) in [6, 6.07) is 8.50. The molecule has 1 aromatic carbocycles. The maximum Gasteiger partial charge on any atom is 0.292 e. The third kappa shape index (κ3) is 2.96. The molecule has 4 heteroatoms. The van der Waals surface area contributed by atoms with Gasteiger partial charge in [0.1, 0.15) is 6.17 Å². The molecule has 0 saturated heterocycles. The van der Waals surface area contributed by atoms with Crippen LogP contribution in [-0.2, 0) is 11.2 Å². The highest BCUT2D eigenvalue weighted by atomic mass is 16.3. The number of hydrogen-bond donors (Lipinski definition) is 2. The Balaban J connectivity index is 1.83. The van der Waals surface area contributed by atoms with Crippen LogP contribution in [0.15, 0.2) is 36.2 Å². The van der Waals surface area contributed by atoms with Crippen LogP contribution in [0.5, 0.6) is 0 Å². The first-order valence-electron chi connectivity index (χ1n) is 8.19. The van der Waals surface area contributed by atoms with Crippen molar-refractivity contribution in [1.29, 1.82) is 0 Å². The lowest BCUT2D eigenvalue weighted by atomic mass is 9.92. The van der Waals surface area contributed by atoms with Crippen LogP contribution in [0.25, 0.3) is 0 Å². The van der Waals surface area contributed by atoms with Crippen molar-refractivity contribution >= 4 is 5.91 Å². The minimum absolute atomic E-state index is 0.0763. The van der Waals surface area contributed by atoms with Gasteiger partial charge in [-0.15, -0.1) is 0 Å². The lowest BCUT2D eigenvalue weighted by Crippen LogP contribution is -2.57. The van der Waals surface area contributed by atoms with Gasteiger partial charge in [0, 0.05) is 18.7 Å². The first-order valence-corrected chi connectivity index (χ1v) is 8.19. The maximum absolute atomic E-state index is 12.5. The number of aliphatic hydroxyl groups is 1. The molecule has 1 aliphatic heterocycles. The average molecular weight is 300 g/mol. The molecule has 1 atom stereocenters. The van der Waals surface area contributed by atoms with E-state index in [2.05, 4.69) is 24.4 Å². The van der Waals surface area contributed by atoms with Gasteiger partial charge in [-0.3, -0.25) is 4.79 Å². The first kappa shape index (κ1) is 14.9. The second-order valence-electron chi connectivity index (χ2n) is 6.35. The summed E-state index contributed by atoms with van der Waals surface area (Å²) in [4.78, 5) is 14.4. The number of carbonyl (C=O) groups is 1. The van der Waals surface area contributed by atoms with Crippen molar-refractivity contribution in [2.24, 2.45) is 0 Å². The SMILES string of the molecule is Cc1ccccc1CC1NC=C(O)C(=O)N1C1CCCCC1. The lowest BCUT2D eigenvalue weighted by Gasteiger charge is -2.42. The highest BCUT2D eigenvalue weighted by molar-refractivity contribution is 5.92. The van der Waals surface area contributed by atoms with E-state index in [1.54, 1.807) is 0 Å². The molecule has 1 aromatic rings. The standard InChI is InChI=1S/C18H24N2O2/c1-13-7-5-6-8-14(13)11-17-19-12-16(21)18(22)20(17)15-9-3-2-4-10-15/h5-8,12,15,17,19,21H,2-4,9-11H2,1H3. The molecule has 1 heterocycles. The van der Waals surface area contributed by atoms with Crippen molar-refractivity contribution in [1.82, 2.24) is 10.2 Å². The molecule has 1 amide bonds. The fourth-order valence-electron chi connectivity index (χ4n) is 3.58. The quantitative estimate of drug-likeness (QED) is 0.902. The van der Waals surface area contributed by atoms with E-state index in [1.165, 1.54) is 23.7 Å². The highest BCUT2D eigenvalue weighted by Gasteiger charge is 2.35. The van der Waals surface area contributed by atoms with E-state index in [1.807, 2.05) is 17.0 Å². The predicted molar refractivity (Wildman–Crippen MR) is 86.2 cm³/mol. The molecule has 4 nitrogen and oxygen atoms in total. The highest BCUT2D eigenvalue weighted by Crippen LogP contribution is 2.27. The summed E-state index contributed by atoms with van der Waals surface area (Å²) in [5, 5.41) is 13.0. The van der Waals surface area contributed by atoms with E-state index in [0.29, 0.717) is 0 Å². The summed E-state index contributed by atoms with van der Waals surface area (Å²) in [5.74, 6) is -0.407. The number of nitrogens with zero attached hydrogens (tertiary/aromatic N) is 1. The van der Waals surface area contributed by atoms with Gasteiger partial charge in [0.25, 0.3) is 5.91 Å². The van der Waals surface area contributed by atoms with Gasteiger partial charge in [-0.25, -0.2) is 0 Å². The maximum atomic E-state index is 12.5. The van der Waals surface area contributed by atoms with E-state index >= 15 is 0 Å². The van der Waals surface area contributed by atoms with Crippen molar-refractivity contribution in [2.45, 2.75) is 57.7 Å². The lowest BCUT2D eigenvalue weighted by molar-refractivity contribution is -0.137. The molecule has 2 N–H and O–H groups in total. The molecule has 1 aliphatic carbocycles. The van der Waals surface area contributed by atoms with Crippen molar-refractivity contribution in [2.75, 3.05) is 0 Å². The normalized spacial score (nSPS) is 23.1. The molecule has 0 radical (unpaired) electrons. The van der Waals surface area contributed by atoms with Gasteiger partial charge < -0.3 is 15.3 Å². The Labute approximate surface area is 131 Å². The predicted octanol–water partition coefficient (Wildman–Crippen LogP) is 3.03. The first-order chi connectivity index (χ1) is 10.7. The van der Waals surface area contributed by atoms with Crippen LogP contribution in [0.2, 0.25) is 0 Å². The van der Waals surface area contributed by atoms with E-state index in [0.717, 1.165) is 32.1 Å². The summed E-state index contributed by atoms with van der Waals surface area (Å²) in [6.45, 7) is 2.10. The number of aryl methyl sites for hydroxylation is 1. The fourth-order valence-corrected chi connectivity index (χ4v) is 3.58. The molecule has 1 saturated carbocycles. The molecule has 0 bridgehead atoms. The molecule has 118 valence electrons. The number of nitrogens with one attached hydrogen (secondary N) is 1. The average Bonchev–Trinajstić information content (AvgIpc) is 2.54. The van der Waals surface area contributed by atoms with Gasteiger partial charge in [0.2, 0.25) is 0 Å². The van der Waals surface area contributed by atoms with Gasteiger partial charge in [0.15, 0.2) is 5.76 Å². The Bertz CT molecular complexity index is 576. The van der Waals surface area contributed by atoms with Crippen LogP contribution in [0.4, 0.5) is 0 Å². The topological polar surface area (TPSA) is 52.6 Å². The van der Waals surface area contributed by atoms with Crippen LogP contribution < -0.4 is 5.32 Å². The minimum atomic E-state index is -0.232. The zero-order chi connectivity index (χ0) is 15.5. The van der Waals surface area contributed by atoms with Crippen LogP contribution in [0.1, 0.15) is 43.2 Å². The number of carbonyl (C=O) groups excluding carboxylic acids is 1. The van der Waals surface area contributed by atoms with Gasteiger partial charge in [-0.1, -0.05) is 43.5 Å². The fraction of sp³-hybridized carbons (Fsp3) is 0.500. The largest absolute Gasteiger partial charge is 0.502 e. The Morgan fingerprint density at radius 1 is 1.23 bits per heavy atom. The van der Waals surface area contributed by atoms with Gasteiger partial charge in [-0.05, 0) is 30.9 Å². The molecule has 22 heavy (non-hydrogen) atoms. The Kier molecular flexibility index (Phi) is 4.36. The van der Waals surface area contributed by atoms with Crippen molar-refractivity contribution in [3.63, 3.8) is 0 Å². The van der Waals surface area contributed by atoms with E-state index < -0.39 is 0 Å². The summed E-state index contributed by atoms with van der Waals surface area (Å²) in [6.07, 6.45) is 7.77. The molecular formula is C18H24N2O2. The number of benzene rings is 1. The van der Waals surface area contributed by atoms with Gasteiger partial charge in [0.05, 0.1) is 0 Å². The van der Waals surface area contributed by atoms with Crippen LogP contribution in [-0.4, -0.2) is 28.1 Å². The third-order valence-electron chi connectivity index (χ3n) is 4.84. The van der Waals surface area contributed by atoms with Crippen LogP contribution >= 0.6 is 0 Å². The third-order valence-corrected chi connectivity index (χ3v) is 4.84. The Morgan fingerprint density at radius 3 is 2.68 bits per heavy atom. The second kappa shape index (κ2) is 6.42. The van der Waals surface area contributed by atoms with Gasteiger partial charge >= 0.3 is 0 Å². The number of hydrogen-bond acceptors (Lipinski definition) is 3. The number of aliphatic hydroxyl groups excluding tert-OH is 1. The van der Waals surface area contributed by atoms with E-state index in [-0.39, 0.29) is 23.9 Å². The molecule has 1 fully saturated rings. The van der Waals surface area contributed by atoms with Crippen molar-refractivity contribution in [3.05, 3.63) is 47.4 Å². The summed E-state index contributed by atoms with van der Waals surface area (Å²) in [5.41, 5.74) is 2.47. The van der Waals surface area contributed by atoms with Crippen molar-refractivity contribution in [3.8, 4) is 0 Å². The van der Waals surface area contributed by atoms with Crippen LogP contribution in [0, 0.1) is 6.92 Å². The van der Waals surface area contributed by atoms with Crippen molar-refractivity contribution < 1.29 is 9.90 Å². The zero-order valence-electron chi connectivity index (χ0n) is 13.1. The Morgan fingerprint density at radius 2 is 1.95 bits per heavy atom. The zero-order valence-corrected chi connectivity index (χ0v) is 13.1. The molecule has 2 aliphatic rings. The minimum Gasteiger partial charge on any atom is -0.502 e. The monoisotopic (exact) mass is 300 g/mol. The number of rotatable bonds is 3. The molecule has 3 rings (SSSR count).